The van der Waals surface area contributed by atoms with Crippen molar-refractivity contribution in [2.45, 2.75) is 38.8 Å². The van der Waals surface area contributed by atoms with E-state index in [0.717, 1.165) is 38.0 Å². The Labute approximate surface area is 191 Å². The van der Waals surface area contributed by atoms with Crippen molar-refractivity contribution in [3.8, 4) is 0 Å². The standard InChI is InChI=1S/C20H32N4O3S.HI/c1-2-21-20(23-18-9-12-28(26,27)15-18)22-13-16-3-5-19(6-4-16)24-10-7-17(14-25)8-11-24;/h3-6,17-18,25H,2,7-15H2,1H3,(H2,21,22,23);1H. The van der Waals surface area contributed by atoms with Gasteiger partial charge >= 0.3 is 0 Å². The molecule has 0 saturated carbocycles. The van der Waals surface area contributed by atoms with Crippen LogP contribution in [0.3, 0.4) is 0 Å². The van der Waals surface area contributed by atoms with Crippen molar-refractivity contribution in [3.63, 3.8) is 0 Å². The highest BCUT2D eigenvalue weighted by Crippen LogP contribution is 2.23. The molecule has 29 heavy (non-hydrogen) atoms. The zero-order chi connectivity index (χ0) is 20.0. The molecule has 2 aliphatic rings. The number of nitrogens with zero attached hydrogens (tertiary/aromatic N) is 2. The Kier molecular flexibility index (Phi) is 9.48. The van der Waals surface area contributed by atoms with Crippen LogP contribution in [-0.2, 0) is 16.4 Å². The van der Waals surface area contributed by atoms with Gasteiger partial charge in [-0.2, -0.15) is 0 Å². The molecule has 1 aromatic carbocycles. The Morgan fingerprint density at radius 2 is 1.90 bits per heavy atom. The fraction of sp³-hybridized carbons (Fsp3) is 0.650. The quantitative estimate of drug-likeness (QED) is 0.292. The van der Waals surface area contributed by atoms with Crippen LogP contribution in [0.5, 0.6) is 0 Å². The molecule has 0 aliphatic carbocycles. The van der Waals surface area contributed by atoms with Crippen LogP contribution in [0.1, 0.15) is 31.7 Å². The van der Waals surface area contributed by atoms with E-state index in [0.29, 0.717) is 31.4 Å². The molecule has 0 amide bonds. The van der Waals surface area contributed by atoms with Crippen LogP contribution in [0, 0.1) is 5.92 Å². The third-order valence-electron chi connectivity index (χ3n) is 5.51. The van der Waals surface area contributed by atoms with Crippen molar-refractivity contribution < 1.29 is 13.5 Å². The monoisotopic (exact) mass is 536 g/mol. The largest absolute Gasteiger partial charge is 0.396 e. The molecule has 9 heteroatoms. The van der Waals surface area contributed by atoms with Crippen molar-refractivity contribution in [2.24, 2.45) is 10.9 Å². The van der Waals surface area contributed by atoms with E-state index in [-0.39, 0.29) is 41.5 Å². The molecular formula is C20H33IN4O3S. The van der Waals surface area contributed by atoms with Gasteiger partial charge in [-0.1, -0.05) is 12.1 Å². The molecule has 2 heterocycles. The molecule has 3 N–H and O–H groups in total. The van der Waals surface area contributed by atoms with Crippen molar-refractivity contribution in [1.29, 1.82) is 0 Å². The number of nitrogens with one attached hydrogen (secondary N) is 2. The first-order chi connectivity index (χ1) is 13.5. The van der Waals surface area contributed by atoms with E-state index in [1.165, 1.54) is 5.69 Å². The number of aliphatic hydroxyl groups excluding tert-OH is 1. The van der Waals surface area contributed by atoms with Crippen molar-refractivity contribution in [3.05, 3.63) is 29.8 Å². The second kappa shape index (κ2) is 11.4. The molecule has 2 saturated heterocycles. The zero-order valence-electron chi connectivity index (χ0n) is 17.0. The number of halogens is 1. The summed E-state index contributed by atoms with van der Waals surface area (Å²) in [6.45, 7) is 5.54. The summed E-state index contributed by atoms with van der Waals surface area (Å²) >= 11 is 0. The Bertz CT molecular complexity index is 762. The smallest absolute Gasteiger partial charge is 0.191 e. The van der Waals surface area contributed by atoms with E-state index in [1.54, 1.807) is 0 Å². The summed E-state index contributed by atoms with van der Waals surface area (Å²) in [7, 11) is -2.91. The number of hydrogen-bond acceptors (Lipinski definition) is 5. The third kappa shape index (κ3) is 7.29. The summed E-state index contributed by atoms with van der Waals surface area (Å²) in [6, 6.07) is 8.40. The lowest BCUT2D eigenvalue weighted by Crippen LogP contribution is -2.44. The van der Waals surface area contributed by atoms with Gasteiger partial charge in [0.25, 0.3) is 0 Å². The van der Waals surface area contributed by atoms with Crippen LogP contribution in [-0.4, -0.2) is 63.3 Å². The lowest BCUT2D eigenvalue weighted by Gasteiger charge is -2.32. The Balaban J connectivity index is 0.00000300. The van der Waals surface area contributed by atoms with E-state index in [1.807, 2.05) is 6.92 Å². The highest BCUT2D eigenvalue weighted by molar-refractivity contribution is 14.0. The van der Waals surface area contributed by atoms with Crippen LogP contribution in [0.15, 0.2) is 29.3 Å². The predicted molar refractivity (Wildman–Crippen MR) is 129 cm³/mol. The lowest BCUT2D eigenvalue weighted by atomic mass is 9.97. The van der Waals surface area contributed by atoms with Gasteiger partial charge in [-0.25, -0.2) is 13.4 Å². The van der Waals surface area contributed by atoms with Crippen LogP contribution < -0.4 is 15.5 Å². The minimum Gasteiger partial charge on any atom is -0.396 e. The zero-order valence-corrected chi connectivity index (χ0v) is 20.2. The first-order valence-corrected chi connectivity index (χ1v) is 12.0. The molecule has 1 unspecified atom stereocenters. The summed E-state index contributed by atoms with van der Waals surface area (Å²) in [5.74, 6) is 1.54. The van der Waals surface area contributed by atoms with Crippen molar-refractivity contribution in [1.82, 2.24) is 10.6 Å². The number of piperidine rings is 1. The Morgan fingerprint density at radius 1 is 1.21 bits per heavy atom. The summed E-state index contributed by atoms with van der Waals surface area (Å²) in [6.07, 6.45) is 2.71. The Hall–Kier alpha value is -1.07. The number of aliphatic imine (C=N–C) groups is 1. The lowest BCUT2D eigenvalue weighted by molar-refractivity contribution is 0.203. The van der Waals surface area contributed by atoms with Gasteiger partial charge in [-0.15, -0.1) is 24.0 Å². The van der Waals surface area contributed by atoms with Crippen LogP contribution in [0.4, 0.5) is 5.69 Å². The molecular weight excluding hydrogens is 503 g/mol. The van der Waals surface area contributed by atoms with E-state index in [2.05, 4.69) is 44.8 Å². The maximum atomic E-state index is 11.6. The molecule has 0 aromatic heterocycles. The summed E-state index contributed by atoms with van der Waals surface area (Å²) in [5.41, 5.74) is 2.33. The fourth-order valence-electron chi connectivity index (χ4n) is 3.78. The van der Waals surface area contributed by atoms with Gasteiger partial charge in [0, 0.05) is 38.0 Å². The molecule has 7 nitrogen and oxygen atoms in total. The van der Waals surface area contributed by atoms with E-state index < -0.39 is 9.84 Å². The van der Waals surface area contributed by atoms with Gasteiger partial charge in [0.15, 0.2) is 15.8 Å². The molecule has 164 valence electrons. The van der Waals surface area contributed by atoms with Gasteiger partial charge in [-0.05, 0) is 49.8 Å². The highest BCUT2D eigenvalue weighted by atomic mass is 127. The van der Waals surface area contributed by atoms with Crippen LogP contribution >= 0.6 is 24.0 Å². The second-order valence-electron chi connectivity index (χ2n) is 7.72. The molecule has 2 aliphatic heterocycles. The number of anilines is 1. The second-order valence-corrected chi connectivity index (χ2v) is 9.95. The molecule has 0 radical (unpaired) electrons. The summed E-state index contributed by atoms with van der Waals surface area (Å²) < 4.78 is 23.3. The molecule has 0 bridgehead atoms. The average molecular weight is 536 g/mol. The molecule has 2 fully saturated rings. The first kappa shape index (κ1) is 24.2. The number of sulfone groups is 1. The van der Waals surface area contributed by atoms with Gasteiger partial charge in [0.2, 0.25) is 0 Å². The van der Waals surface area contributed by atoms with E-state index in [4.69, 9.17) is 0 Å². The molecule has 1 aromatic rings. The number of rotatable bonds is 6. The van der Waals surface area contributed by atoms with Gasteiger partial charge in [-0.3, -0.25) is 0 Å². The maximum Gasteiger partial charge on any atom is 0.191 e. The number of aliphatic hydroxyl groups is 1. The van der Waals surface area contributed by atoms with E-state index in [9.17, 15) is 13.5 Å². The van der Waals surface area contributed by atoms with Crippen molar-refractivity contribution >= 4 is 45.5 Å². The van der Waals surface area contributed by atoms with Crippen LogP contribution in [0.25, 0.3) is 0 Å². The normalized spacial score (nSPS) is 22.2. The fourth-order valence-corrected chi connectivity index (χ4v) is 5.45. The minimum atomic E-state index is -2.91. The summed E-state index contributed by atoms with van der Waals surface area (Å²) in [5, 5.41) is 15.7. The van der Waals surface area contributed by atoms with Gasteiger partial charge in [0.05, 0.1) is 18.1 Å². The average Bonchev–Trinajstić information content (AvgIpc) is 3.05. The topological polar surface area (TPSA) is 94.0 Å². The van der Waals surface area contributed by atoms with Crippen molar-refractivity contribution in [2.75, 3.05) is 42.6 Å². The predicted octanol–water partition coefficient (Wildman–Crippen LogP) is 1.76. The number of benzene rings is 1. The third-order valence-corrected chi connectivity index (χ3v) is 7.28. The molecule has 1 atom stereocenters. The summed E-state index contributed by atoms with van der Waals surface area (Å²) in [4.78, 5) is 6.98. The highest BCUT2D eigenvalue weighted by Gasteiger charge is 2.28. The number of hydrogen-bond donors (Lipinski definition) is 3. The number of guanidine groups is 1. The van der Waals surface area contributed by atoms with Gasteiger partial charge < -0.3 is 20.6 Å². The van der Waals surface area contributed by atoms with Gasteiger partial charge in [0.1, 0.15) is 0 Å². The molecule has 3 rings (SSSR count). The minimum absolute atomic E-state index is 0. The van der Waals surface area contributed by atoms with Crippen LogP contribution in [0.2, 0.25) is 0 Å². The molecule has 0 spiro atoms. The maximum absolute atomic E-state index is 11.6. The first-order valence-electron chi connectivity index (χ1n) is 10.2. The van der Waals surface area contributed by atoms with E-state index >= 15 is 0 Å². The SMILES string of the molecule is CCNC(=NCc1ccc(N2CCC(CO)CC2)cc1)NC1CCS(=O)(=O)C1.I. The Morgan fingerprint density at radius 3 is 2.45 bits per heavy atom.